The molecule has 9 N–H and O–H groups in total. The van der Waals surface area contributed by atoms with Crippen molar-refractivity contribution in [2.75, 3.05) is 53.3 Å². The van der Waals surface area contributed by atoms with E-state index in [0.29, 0.717) is 36.9 Å². The Morgan fingerprint density at radius 2 is 1.30 bits per heavy atom. The second-order valence-corrected chi connectivity index (χ2v) is 27.0. The number of primary amides is 1. The number of hydrogen-bond donors (Lipinski definition) is 8. The number of carbonyl (C=O) groups excluding carboxylic acids is 13. The van der Waals surface area contributed by atoms with Crippen molar-refractivity contribution in [3.05, 3.63) is 90.0 Å². The molecule has 1 fully saturated rings. The molecule has 0 saturated carbocycles. The van der Waals surface area contributed by atoms with Crippen LogP contribution in [-0.2, 0) is 73.6 Å². The molecule has 29 nitrogen and oxygen atoms in total. The Morgan fingerprint density at radius 1 is 0.690 bits per heavy atom. The van der Waals surface area contributed by atoms with E-state index < -0.39 is 156 Å². The molecule has 3 aliphatic rings. The van der Waals surface area contributed by atoms with Crippen LogP contribution in [0.1, 0.15) is 138 Å². The Bertz CT molecular complexity index is 3240. The first-order valence-electron chi connectivity index (χ1n) is 34.2. The van der Waals surface area contributed by atoms with Gasteiger partial charge >= 0.3 is 12.1 Å². The zero-order valence-electron chi connectivity index (χ0n) is 60.0. The van der Waals surface area contributed by atoms with Gasteiger partial charge in [-0.1, -0.05) is 111 Å². The van der Waals surface area contributed by atoms with E-state index in [9.17, 15) is 67.4 Å². The van der Waals surface area contributed by atoms with Crippen molar-refractivity contribution in [1.29, 1.82) is 0 Å². The van der Waals surface area contributed by atoms with Crippen LogP contribution >= 0.6 is 0 Å². The Hall–Kier alpha value is -9.09. The molecule has 550 valence electrons. The highest BCUT2D eigenvalue weighted by molar-refractivity contribution is 6.14. The number of methoxy groups -OCH3 is 2. The van der Waals surface area contributed by atoms with E-state index in [0.717, 1.165) is 39.0 Å². The summed E-state index contributed by atoms with van der Waals surface area (Å²) in [6.45, 7) is 17.6. The van der Waals surface area contributed by atoms with Crippen LogP contribution in [0.25, 0.3) is 0 Å². The van der Waals surface area contributed by atoms with Crippen LogP contribution in [0.5, 0.6) is 0 Å². The van der Waals surface area contributed by atoms with Crippen molar-refractivity contribution < 1.29 is 81.6 Å². The van der Waals surface area contributed by atoms with E-state index >= 15 is 0 Å². The minimum atomic E-state index is -1.22. The number of ether oxygens (including phenoxy) is 3. The fraction of sp³-hybridized carbons (Fsp3) is 0.592. The van der Waals surface area contributed by atoms with E-state index in [4.69, 9.17) is 19.9 Å². The largest absolute Gasteiger partial charge is 0.445 e. The van der Waals surface area contributed by atoms with Gasteiger partial charge in [0.2, 0.25) is 41.4 Å². The maximum atomic E-state index is 14.8. The van der Waals surface area contributed by atoms with Gasteiger partial charge in [-0.15, -0.1) is 0 Å². The van der Waals surface area contributed by atoms with Gasteiger partial charge in [0.05, 0.1) is 61.4 Å². The number of hydrogen-bond acceptors (Lipinski definition) is 17. The maximum absolute atomic E-state index is 14.8. The number of benzene rings is 2. The van der Waals surface area contributed by atoms with Crippen molar-refractivity contribution in [3.63, 3.8) is 0 Å². The summed E-state index contributed by atoms with van der Waals surface area (Å²) in [7, 11) is 6.03. The predicted molar refractivity (Wildman–Crippen MR) is 369 cm³/mol. The molecule has 0 radical (unpaired) electrons. The van der Waals surface area contributed by atoms with Crippen LogP contribution < -0.4 is 37.6 Å². The topological polar surface area (TPSA) is 384 Å². The van der Waals surface area contributed by atoms with Crippen LogP contribution in [0.3, 0.4) is 0 Å². The van der Waals surface area contributed by atoms with Crippen LogP contribution in [0.15, 0.2) is 78.9 Å². The molecular formula is C71H104N12O17. The fourth-order valence-electron chi connectivity index (χ4n) is 12.9. The Balaban J connectivity index is 1.19. The minimum absolute atomic E-state index is 0.000377. The number of carbonyl (C=O) groups is 13. The maximum Gasteiger partial charge on any atom is 0.410 e. The van der Waals surface area contributed by atoms with Gasteiger partial charge in [0.15, 0.2) is 0 Å². The summed E-state index contributed by atoms with van der Waals surface area (Å²) in [6, 6.07) is 7.05. The quantitative estimate of drug-likeness (QED) is 0.0352. The molecule has 0 bridgehead atoms. The molecule has 0 aromatic heterocycles. The zero-order valence-corrected chi connectivity index (χ0v) is 60.0. The highest BCUT2D eigenvalue weighted by atomic mass is 16.6. The number of imide groups is 2. The average molecular weight is 1400 g/mol. The molecule has 100 heavy (non-hydrogen) atoms. The van der Waals surface area contributed by atoms with Gasteiger partial charge in [-0.2, -0.15) is 0 Å². The molecule has 2 aromatic rings. The molecule has 2 aromatic carbocycles. The summed E-state index contributed by atoms with van der Waals surface area (Å²) in [6.07, 6.45) is 2.31. The van der Waals surface area contributed by atoms with Gasteiger partial charge in [0.25, 0.3) is 23.6 Å². The summed E-state index contributed by atoms with van der Waals surface area (Å²) >= 11 is 0. The number of aliphatic hydroxyl groups excluding tert-OH is 1. The summed E-state index contributed by atoms with van der Waals surface area (Å²) < 4.78 is 17.7. The van der Waals surface area contributed by atoms with E-state index in [1.807, 2.05) is 32.0 Å². The monoisotopic (exact) mass is 1400 g/mol. The summed E-state index contributed by atoms with van der Waals surface area (Å²) in [5.74, 6) is -8.73. The van der Waals surface area contributed by atoms with Gasteiger partial charge in [0.1, 0.15) is 30.8 Å². The number of likely N-dealkylation sites (tertiary alicyclic amines) is 1. The molecule has 0 spiro atoms. The molecule has 1 unspecified atom stereocenters. The lowest BCUT2D eigenvalue weighted by Crippen LogP contribution is -2.60. The predicted octanol–water partition coefficient (Wildman–Crippen LogP) is 3.59. The lowest BCUT2D eigenvalue weighted by Gasteiger charge is -2.41. The van der Waals surface area contributed by atoms with Gasteiger partial charge in [-0.3, -0.25) is 67.4 Å². The van der Waals surface area contributed by atoms with Crippen LogP contribution in [0, 0.1) is 29.6 Å². The highest BCUT2D eigenvalue weighted by Crippen LogP contribution is 2.31. The summed E-state index contributed by atoms with van der Waals surface area (Å²) in [5, 5.41) is 27.4. The van der Waals surface area contributed by atoms with Crippen molar-refractivity contribution in [1.82, 2.24) is 51.1 Å². The molecule has 1 saturated heterocycles. The summed E-state index contributed by atoms with van der Waals surface area (Å²) in [5.41, 5.74) is 6.68. The third kappa shape index (κ3) is 22.2. The van der Waals surface area contributed by atoms with E-state index in [1.54, 1.807) is 91.6 Å². The first-order chi connectivity index (χ1) is 47.3. The molecule has 13 atom stereocenters. The number of aliphatic hydroxyl groups is 1. The molecular weight excluding hydrogens is 1290 g/mol. The van der Waals surface area contributed by atoms with Gasteiger partial charge in [0, 0.05) is 77.8 Å². The minimum Gasteiger partial charge on any atom is -0.445 e. The Morgan fingerprint density at radius 3 is 1.86 bits per heavy atom. The third-order valence-electron chi connectivity index (χ3n) is 18.7. The van der Waals surface area contributed by atoms with Crippen LogP contribution in [-0.4, -0.2) is 215 Å². The van der Waals surface area contributed by atoms with E-state index in [2.05, 4.69) is 31.9 Å². The molecule has 5 rings (SSSR count). The Kier molecular flexibility index (Phi) is 31.4. The van der Waals surface area contributed by atoms with Crippen molar-refractivity contribution in [2.45, 2.75) is 194 Å². The number of likely N-dealkylation sites (N-methyl/N-ethyl adjacent to an activating group) is 2. The molecule has 14 amide bonds. The molecule has 29 heteroatoms. The lowest BCUT2D eigenvalue weighted by atomic mass is 9.89. The van der Waals surface area contributed by atoms with Gasteiger partial charge in [-0.25, -0.2) is 9.59 Å². The first kappa shape index (κ1) is 81.6. The number of amides is 14. The summed E-state index contributed by atoms with van der Waals surface area (Å²) in [4.78, 5) is 180. The van der Waals surface area contributed by atoms with Crippen molar-refractivity contribution in [2.24, 2.45) is 35.3 Å². The molecule has 0 aliphatic carbocycles. The second kappa shape index (κ2) is 38.5. The fourth-order valence-corrected chi connectivity index (χ4v) is 12.9. The SMILES string of the molecule is CC[C@H](C)[C@@H]([C@@H](CC(=O)N1CCC[C@H]1[C@H](OC)[C@@H](C)C(=O)N[C@H](C)[C@@H](O)c1ccccc1)OC)N(C)C(=O)[C@@H](NC(=O)[C@H](C(C)C)N(C)C(=O)OCc1ccc(NC(=O)[C@H](CCCNC(N)=O)NC(=O)[C@@H](NC(=O)CCC(CN2C(=O)C=CC2=O)N2C(=O)C=CC2=O)C(C)C)cc1)C(C)C. The third-order valence-corrected chi connectivity index (χ3v) is 18.7. The zero-order chi connectivity index (χ0) is 74.4. The molecule has 3 aliphatic heterocycles. The number of nitrogens with one attached hydrogen (secondary N) is 6. The number of rotatable bonds is 38. The first-order valence-corrected chi connectivity index (χ1v) is 34.2. The van der Waals surface area contributed by atoms with Crippen LogP contribution in [0.2, 0.25) is 0 Å². The highest BCUT2D eigenvalue weighted by Gasteiger charge is 2.45. The van der Waals surface area contributed by atoms with E-state index in [1.165, 1.54) is 38.3 Å². The Labute approximate surface area is 585 Å². The lowest BCUT2D eigenvalue weighted by molar-refractivity contribution is -0.148. The van der Waals surface area contributed by atoms with E-state index in [-0.39, 0.29) is 75.2 Å². The van der Waals surface area contributed by atoms with Crippen molar-refractivity contribution in [3.8, 4) is 0 Å². The standard InChI is InChI=1S/C71H104N12O17/c1-15-43(8)62(52(98-13)37-58(89)81-36-20-24-51(81)64(99-14)44(9)65(91)74-45(10)63(90)47-21-17-16-18-22-47)79(11)69(95)60(41(4)5)78-68(94)61(42(6)7)80(12)71(97)100-39-46-25-27-48(28-26-46)75-66(92)50(23-19-35-73-70(72)96)76-67(93)59(40(2)3)77-53(84)30-29-49(83-56(87)33-34-57(83)88)38-82-54(85)31-32-55(82)86/h16-18,21-22,25-28,31-34,40-45,49-52,59-64,90H,15,19-20,23-24,29-30,35-39H2,1-14H3,(H,74,91)(H,75,92)(H,76,93)(H,77,84)(H,78,94)(H3,72,73,96)/t43-,44+,45+,49?,50-,51-,52+,59-,60-,61-,62-,63+,64+/m0/s1. The normalized spacial score (nSPS) is 18.1. The van der Waals surface area contributed by atoms with Gasteiger partial charge in [-0.05, 0) is 86.0 Å². The number of nitrogens with zero attached hydrogens (tertiary/aromatic N) is 5. The molecule has 3 heterocycles. The number of nitrogens with two attached hydrogens (primary N) is 1. The van der Waals surface area contributed by atoms with Crippen LogP contribution in [0.4, 0.5) is 15.3 Å². The van der Waals surface area contributed by atoms with Crippen molar-refractivity contribution >= 4 is 82.8 Å². The number of anilines is 1. The average Bonchev–Trinajstić information content (AvgIpc) is 1.45. The number of urea groups is 1. The second-order valence-electron chi connectivity index (χ2n) is 27.0. The smallest absolute Gasteiger partial charge is 0.410 e. The van der Waals surface area contributed by atoms with Gasteiger partial charge < -0.3 is 66.8 Å².